The van der Waals surface area contributed by atoms with Crippen LogP contribution in [0.4, 0.5) is 10.5 Å². The number of benzene rings is 1. The van der Waals surface area contributed by atoms with E-state index < -0.39 is 17.9 Å². The molecule has 1 atom stereocenters. The smallest absolute Gasteiger partial charge is 0.319 e. The second-order valence-electron chi connectivity index (χ2n) is 4.54. The van der Waals surface area contributed by atoms with E-state index in [0.717, 1.165) is 10.9 Å². The molecule has 1 unspecified atom stereocenters. The molecular weight excluding hydrogens is 340 g/mol. The first-order valence-electron chi connectivity index (χ1n) is 6.58. The number of amides is 2. The summed E-state index contributed by atoms with van der Waals surface area (Å²) in [6.07, 6.45) is 1.28. The molecule has 1 aromatic carbocycles. The zero-order chi connectivity index (χ0) is 15.8. The van der Waals surface area contributed by atoms with Crippen LogP contribution in [0.2, 0.25) is 0 Å². The third-order valence-electron chi connectivity index (χ3n) is 2.86. The number of hydrogen-bond donors (Lipinski definition) is 3. The molecule has 2 amide bonds. The van der Waals surface area contributed by atoms with E-state index in [9.17, 15) is 9.59 Å². The van der Waals surface area contributed by atoms with Crippen molar-refractivity contribution in [3.05, 3.63) is 22.7 Å². The average Bonchev–Trinajstić information content (AvgIpc) is 2.42. The molecule has 0 aliphatic rings. The van der Waals surface area contributed by atoms with Crippen LogP contribution in [0, 0.1) is 5.92 Å². The van der Waals surface area contributed by atoms with Crippen LogP contribution in [0.3, 0.4) is 0 Å². The number of anilines is 1. The highest BCUT2D eigenvalue weighted by Gasteiger charge is 2.17. The lowest BCUT2D eigenvalue weighted by Gasteiger charge is -2.13. The molecule has 7 heteroatoms. The summed E-state index contributed by atoms with van der Waals surface area (Å²) in [7, 11) is 1.54. The molecule has 1 rings (SSSR count). The van der Waals surface area contributed by atoms with Crippen molar-refractivity contribution in [2.45, 2.75) is 19.8 Å². The van der Waals surface area contributed by atoms with Crippen molar-refractivity contribution in [1.82, 2.24) is 5.32 Å². The number of hydrogen-bond acceptors (Lipinski definition) is 3. The molecule has 0 heterocycles. The number of carbonyl (C=O) groups excluding carboxylic acids is 1. The number of carbonyl (C=O) groups is 2. The van der Waals surface area contributed by atoms with Gasteiger partial charge in [0.15, 0.2) is 0 Å². The number of carboxylic acid groups (broad SMARTS) is 1. The zero-order valence-corrected chi connectivity index (χ0v) is 13.6. The van der Waals surface area contributed by atoms with Crippen molar-refractivity contribution in [3.63, 3.8) is 0 Å². The van der Waals surface area contributed by atoms with Gasteiger partial charge >= 0.3 is 12.0 Å². The van der Waals surface area contributed by atoms with E-state index in [4.69, 9.17) is 9.84 Å². The van der Waals surface area contributed by atoms with Crippen molar-refractivity contribution < 1.29 is 19.4 Å². The molecule has 0 radical (unpaired) electrons. The predicted octanol–water partition coefficient (Wildman–Crippen LogP) is 3.08. The van der Waals surface area contributed by atoms with E-state index in [-0.39, 0.29) is 6.54 Å². The van der Waals surface area contributed by atoms with Gasteiger partial charge in [-0.3, -0.25) is 4.79 Å². The normalized spacial score (nSPS) is 11.6. The largest absolute Gasteiger partial charge is 0.497 e. The van der Waals surface area contributed by atoms with Gasteiger partial charge in [-0.15, -0.1) is 0 Å². The van der Waals surface area contributed by atoms with Crippen LogP contribution in [-0.2, 0) is 4.79 Å². The Morgan fingerprint density at radius 3 is 2.67 bits per heavy atom. The summed E-state index contributed by atoms with van der Waals surface area (Å²) < 4.78 is 5.87. The monoisotopic (exact) mass is 358 g/mol. The van der Waals surface area contributed by atoms with Gasteiger partial charge in [-0.2, -0.15) is 0 Å². The van der Waals surface area contributed by atoms with Crippen LogP contribution < -0.4 is 15.4 Å². The maximum atomic E-state index is 11.8. The molecule has 0 bridgehead atoms. The highest BCUT2D eigenvalue weighted by molar-refractivity contribution is 9.10. The van der Waals surface area contributed by atoms with Gasteiger partial charge < -0.3 is 20.5 Å². The second kappa shape index (κ2) is 8.51. The third-order valence-corrected chi connectivity index (χ3v) is 3.32. The van der Waals surface area contributed by atoms with Crippen LogP contribution in [0.25, 0.3) is 0 Å². The number of aliphatic carboxylic acids is 1. The maximum absolute atomic E-state index is 11.8. The van der Waals surface area contributed by atoms with Crippen LogP contribution in [0.5, 0.6) is 5.75 Å². The molecular formula is C14H19BrN2O4. The zero-order valence-electron chi connectivity index (χ0n) is 12.0. The lowest BCUT2D eigenvalue weighted by Crippen LogP contribution is -2.35. The lowest BCUT2D eigenvalue weighted by molar-refractivity contribution is -0.141. The van der Waals surface area contributed by atoms with Gasteiger partial charge in [0.25, 0.3) is 0 Å². The summed E-state index contributed by atoms with van der Waals surface area (Å²) in [4.78, 5) is 22.8. The molecule has 116 valence electrons. The molecule has 21 heavy (non-hydrogen) atoms. The average molecular weight is 359 g/mol. The minimum absolute atomic E-state index is 0.0974. The highest BCUT2D eigenvalue weighted by Crippen LogP contribution is 2.24. The molecule has 0 fully saturated rings. The fourth-order valence-corrected chi connectivity index (χ4v) is 2.28. The summed E-state index contributed by atoms with van der Waals surface area (Å²) in [5, 5.41) is 14.2. The Morgan fingerprint density at radius 1 is 1.38 bits per heavy atom. The van der Waals surface area contributed by atoms with E-state index in [1.54, 1.807) is 18.2 Å². The summed E-state index contributed by atoms with van der Waals surface area (Å²) in [5.74, 6) is -0.867. The van der Waals surface area contributed by atoms with E-state index >= 15 is 0 Å². The Labute approximate surface area is 132 Å². The van der Waals surface area contributed by atoms with Gasteiger partial charge in [0.1, 0.15) is 5.75 Å². The van der Waals surface area contributed by atoms with Crippen molar-refractivity contribution >= 4 is 33.6 Å². The SMILES string of the molecule is CCCC(CNC(=O)Nc1cc(Br)cc(OC)c1)C(=O)O. The maximum Gasteiger partial charge on any atom is 0.319 e. The molecule has 0 saturated heterocycles. The second-order valence-corrected chi connectivity index (χ2v) is 5.45. The standard InChI is InChI=1S/C14H19BrN2O4/c1-3-4-9(13(18)19)8-16-14(20)17-11-5-10(15)6-12(7-11)21-2/h5-7,9H,3-4,8H2,1-2H3,(H,18,19)(H2,16,17,20). The molecule has 0 spiro atoms. The number of carboxylic acids is 1. The molecule has 3 N–H and O–H groups in total. The van der Waals surface area contributed by atoms with E-state index in [1.807, 2.05) is 6.92 Å². The van der Waals surface area contributed by atoms with Gasteiger partial charge in [-0.25, -0.2) is 4.79 Å². The van der Waals surface area contributed by atoms with Gasteiger partial charge in [0, 0.05) is 22.8 Å². The number of halogens is 1. The van der Waals surface area contributed by atoms with E-state index in [1.165, 1.54) is 7.11 Å². The molecule has 0 aromatic heterocycles. The highest BCUT2D eigenvalue weighted by atomic mass is 79.9. The van der Waals surface area contributed by atoms with Gasteiger partial charge in [-0.1, -0.05) is 29.3 Å². The number of methoxy groups -OCH3 is 1. The topological polar surface area (TPSA) is 87.7 Å². The Morgan fingerprint density at radius 2 is 2.10 bits per heavy atom. The number of rotatable bonds is 7. The summed E-state index contributed by atoms with van der Waals surface area (Å²) in [6.45, 7) is 2.00. The fraction of sp³-hybridized carbons (Fsp3) is 0.429. The van der Waals surface area contributed by atoms with Crippen molar-refractivity contribution in [1.29, 1.82) is 0 Å². The number of urea groups is 1. The predicted molar refractivity (Wildman–Crippen MR) is 83.7 cm³/mol. The molecule has 6 nitrogen and oxygen atoms in total. The summed E-state index contributed by atoms with van der Waals surface area (Å²) in [6, 6.07) is 4.72. The minimum atomic E-state index is -0.902. The van der Waals surface area contributed by atoms with Crippen LogP contribution in [0.15, 0.2) is 22.7 Å². The first-order chi connectivity index (χ1) is 9.96. The third kappa shape index (κ3) is 6.03. The Kier molecular flexibility index (Phi) is 7.01. The molecule has 0 aliphatic heterocycles. The van der Waals surface area contributed by atoms with E-state index in [0.29, 0.717) is 17.9 Å². The fourth-order valence-electron chi connectivity index (χ4n) is 1.81. The van der Waals surface area contributed by atoms with Crippen molar-refractivity contribution in [2.24, 2.45) is 5.92 Å². The van der Waals surface area contributed by atoms with Crippen molar-refractivity contribution in [3.8, 4) is 5.75 Å². The lowest BCUT2D eigenvalue weighted by atomic mass is 10.0. The van der Waals surface area contributed by atoms with Crippen molar-refractivity contribution in [2.75, 3.05) is 19.0 Å². The molecule has 0 aliphatic carbocycles. The minimum Gasteiger partial charge on any atom is -0.497 e. The molecule has 1 aromatic rings. The quantitative estimate of drug-likeness (QED) is 0.698. The van der Waals surface area contributed by atoms with E-state index in [2.05, 4.69) is 26.6 Å². The number of nitrogens with one attached hydrogen (secondary N) is 2. The van der Waals surface area contributed by atoms with Gasteiger partial charge in [0.05, 0.1) is 13.0 Å². The summed E-state index contributed by atoms with van der Waals surface area (Å²) >= 11 is 3.32. The van der Waals surface area contributed by atoms with Crippen LogP contribution >= 0.6 is 15.9 Å². The number of ether oxygens (including phenoxy) is 1. The van der Waals surface area contributed by atoms with Crippen LogP contribution in [-0.4, -0.2) is 30.8 Å². The Bertz CT molecular complexity index is 508. The van der Waals surface area contributed by atoms with Gasteiger partial charge in [0.2, 0.25) is 0 Å². The molecule has 0 saturated carbocycles. The Hall–Kier alpha value is -1.76. The van der Waals surface area contributed by atoms with Crippen LogP contribution in [0.1, 0.15) is 19.8 Å². The summed E-state index contributed by atoms with van der Waals surface area (Å²) in [5.41, 5.74) is 0.557. The Balaban J connectivity index is 2.57. The van der Waals surface area contributed by atoms with Gasteiger partial charge in [-0.05, 0) is 18.6 Å². The first kappa shape index (κ1) is 17.3. The first-order valence-corrected chi connectivity index (χ1v) is 7.37.